The summed E-state index contributed by atoms with van der Waals surface area (Å²) in [5.41, 5.74) is 4.28. The maximum absolute atomic E-state index is 12.1. The van der Waals surface area contributed by atoms with Gasteiger partial charge in [0.05, 0.1) is 11.4 Å². The normalized spacial score (nSPS) is 12.3. The molecule has 5 heteroatoms. The van der Waals surface area contributed by atoms with E-state index in [1.807, 2.05) is 38.3 Å². The van der Waals surface area contributed by atoms with Crippen LogP contribution in [0.3, 0.4) is 0 Å². The summed E-state index contributed by atoms with van der Waals surface area (Å²) in [5.74, 6) is -1.41. The Labute approximate surface area is 168 Å². The van der Waals surface area contributed by atoms with E-state index in [1.165, 1.54) is 0 Å². The highest BCUT2D eigenvalue weighted by Gasteiger charge is 2.27. The van der Waals surface area contributed by atoms with Gasteiger partial charge in [-0.2, -0.15) is 0 Å². The summed E-state index contributed by atoms with van der Waals surface area (Å²) in [4.78, 5) is 17.9. The molecule has 1 aromatic heterocycles. The molecule has 0 spiro atoms. The number of pyridine rings is 1. The van der Waals surface area contributed by atoms with Gasteiger partial charge in [0.2, 0.25) is 0 Å². The van der Waals surface area contributed by atoms with Crippen LogP contribution in [-0.2, 0) is 4.79 Å². The number of fused-ring (bicyclic) bond motifs is 1. The number of hydrogen-bond donors (Lipinski definition) is 1. The molecule has 140 valence electrons. The number of aryl methyl sites for hydroxylation is 1. The van der Waals surface area contributed by atoms with Crippen molar-refractivity contribution in [2.24, 2.45) is 0 Å². The third-order valence-electron chi connectivity index (χ3n) is 4.78. The molecule has 3 aromatic rings. The van der Waals surface area contributed by atoms with Crippen molar-refractivity contribution >= 4 is 40.2 Å². The average Bonchev–Trinajstić information content (AvgIpc) is 2.66. The number of hydrogen-bond acceptors (Lipinski definition) is 3. The van der Waals surface area contributed by atoms with Crippen LogP contribution in [-0.4, -0.2) is 22.3 Å². The van der Waals surface area contributed by atoms with Gasteiger partial charge in [0.15, 0.2) is 0 Å². The summed E-state index contributed by atoms with van der Waals surface area (Å²) in [5, 5.41) is 11.4. The molecule has 2 aromatic carbocycles. The molecule has 1 N–H and O–H groups in total. The van der Waals surface area contributed by atoms with Crippen molar-refractivity contribution in [3.8, 4) is 11.1 Å². The maximum atomic E-state index is 12.1. The van der Waals surface area contributed by atoms with Crippen molar-refractivity contribution in [1.82, 2.24) is 4.98 Å². The maximum Gasteiger partial charge on any atom is 0.311 e. The topological polar surface area (TPSA) is 50.2 Å². The molecule has 3 rings (SSSR count). The van der Waals surface area contributed by atoms with E-state index < -0.39 is 11.9 Å². The van der Waals surface area contributed by atoms with Gasteiger partial charge in [-0.05, 0) is 66.6 Å². The first kappa shape index (κ1) is 19.7. The second-order valence-corrected chi connectivity index (χ2v) is 7.87. The van der Waals surface area contributed by atoms with Gasteiger partial charge in [-0.15, -0.1) is 11.8 Å². The molecule has 3 nitrogen and oxygen atoms in total. The van der Waals surface area contributed by atoms with E-state index in [0.717, 1.165) is 44.6 Å². The van der Waals surface area contributed by atoms with Crippen LogP contribution >= 0.6 is 23.4 Å². The van der Waals surface area contributed by atoms with E-state index in [2.05, 4.69) is 24.3 Å². The summed E-state index contributed by atoms with van der Waals surface area (Å²) >= 11 is 7.95. The van der Waals surface area contributed by atoms with E-state index in [4.69, 9.17) is 16.6 Å². The molecule has 1 atom stereocenters. The van der Waals surface area contributed by atoms with E-state index in [9.17, 15) is 9.90 Å². The Morgan fingerprint density at radius 1 is 1.22 bits per heavy atom. The van der Waals surface area contributed by atoms with Gasteiger partial charge in [-0.25, -0.2) is 0 Å². The Morgan fingerprint density at radius 3 is 2.52 bits per heavy atom. The second kappa shape index (κ2) is 8.32. The van der Waals surface area contributed by atoms with Crippen LogP contribution in [0.2, 0.25) is 5.02 Å². The van der Waals surface area contributed by atoms with Crippen LogP contribution in [0.25, 0.3) is 22.0 Å². The molecule has 0 bridgehead atoms. The molecular formula is C22H22ClNO2S. The lowest BCUT2D eigenvalue weighted by Crippen LogP contribution is -2.15. The number of benzene rings is 2. The predicted octanol–water partition coefficient (Wildman–Crippen LogP) is 6.55. The van der Waals surface area contributed by atoms with E-state index in [-0.39, 0.29) is 0 Å². The molecular weight excluding hydrogens is 378 g/mol. The molecule has 1 unspecified atom stereocenters. The fourth-order valence-corrected chi connectivity index (χ4v) is 4.13. The lowest BCUT2D eigenvalue weighted by atomic mass is 9.85. The van der Waals surface area contributed by atoms with Crippen LogP contribution in [0.15, 0.2) is 47.4 Å². The van der Waals surface area contributed by atoms with E-state index >= 15 is 0 Å². The molecule has 0 aliphatic heterocycles. The summed E-state index contributed by atoms with van der Waals surface area (Å²) in [6, 6.07) is 13.8. The fraction of sp³-hybridized carbons (Fsp3) is 0.273. The fourth-order valence-electron chi connectivity index (χ4n) is 3.55. The first-order chi connectivity index (χ1) is 13.0. The monoisotopic (exact) mass is 399 g/mol. The van der Waals surface area contributed by atoms with Crippen molar-refractivity contribution in [3.63, 3.8) is 0 Å². The van der Waals surface area contributed by atoms with Gasteiger partial charge >= 0.3 is 5.97 Å². The van der Waals surface area contributed by atoms with E-state index in [1.54, 1.807) is 11.8 Å². The molecule has 0 aliphatic carbocycles. The highest BCUT2D eigenvalue weighted by atomic mass is 35.5. The standard InChI is InChI=1S/C22H22ClNO2S/c1-4-5-17(22(25)26)20-13(2)24-19-11-8-15(23)12-18(19)21(20)14-6-9-16(27-3)10-7-14/h6-12,17H,4-5H2,1-3H3,(H,25,26). The van der Waals surface area contributed by atoms with Crippen LogP contribution in [0.4, 0.5) is 0 Å². The minimum absolute atomic E-state index is 0.569. The molecule has 27 heavy (non-hydrogen) atoms. The van der Waals surface area contributed by atoms with Gasteiger partial charge < -0.3 is 5.11 Å². The van der Waals surface area contributed by atoms with Crippen molar-refractivity contribution in [1.29, 1.82) is 0 Å². The number of thioether (sulfide) groups is 1. The molecule has 1 heterocycles. The Hall–Kier alpha value is -2.04. The number of halogens is 1. The lowest BCUT2D eigenvalue weighted by molar-refractivity contribution is -0.139. The first-order valence-electron chi connectivity index (χ1n) is 8.93. The second-order valence-electron chi connectivity index (χ2n) is 6.56. The van der Waals surface area contributed by atoms with Gasteiger partial charge in [0.25, 0.3) is 0 Å². The van der Waals surface area contributed by atoms with E-state index in [0.29, 0.717) is 11.4 Å². The number of aromatic nitrogens is 1. The third-order valence-corrected chi connectivity index (χ3v) is 5.76. The lowest BCUT2D eigenvalue weighted by Gasteiger charge is -2.21. The van der Waals surface area contributed by atoms with Gasteiger partial charge in [-0.3, -0.25) is 9.78 Å². The molecule has 0 saturated carbocycles. The molecule has 0 amide bonds. The smallest absolute Gasteiger partial charge is 0.311 e. The highest BCUT2D eigenvalue weighted by molar-refractivity contribution is 7.98. The van der Waals surface area contributed by atoms with Crippen molar-refractivity contribution in [3.05, 3.63) is 58.7 Å². The van der Waals surface area contributed by atoms with Crippen molar-refractivity contribution in [2.75, 3.05) is 6.26 Å². The van der Waals surface area contributed by atoms with Crippen LogP contribution in [0.5, 0.6) is 0 Å². The number of nitrogens with zero attached hydrogens (tertiary/aromatic N) is 1. The average molecular weight is 400 g/mol. The number of carboxylic acids is 1. The zero-order valence-corrected chi connectivity index (χ0v) is 17.2. The van der Waals surface area contributed by atoms with Gasteiger partial charge in [-0.1, -0.05) is 37.1 Å². The molecule has 0 radical (unpaired) electrons. The molecule has 0 fully saturated rings. The summed E-state index contributed by atoms with van der Waals surface area (Å²) in [6.07, 6.45) is 3.39. The minimum atomic E-state index is -0.815. The Morgan fingerprint density at radius 2 is 1.93 bits per heavy atom. The SMILES string of the molecule is CCCC(C(=O)O)c1c(C)nc2ccc(Cl)cc2c1-c1ccc(SC)cc1. The van der Waals surface area contributed by atoms with Crippen molar-refractivity contribution < 1.29 is 9.90 Å². The minimum Gasteiger partial charge on any atom is -0.481 e. The highest BCUT2D eigenvalue weighted by Crippen LogP contribution is 2.40. The summed E-state index contributed by atoms with van der Waals surface area (Å²) < 4.78 is 0. The molecule has 0 saturated heterocycles. The summed E-state index contributed by atoms with van der Waals surface area (Å²) in [7, 11) is 0. The Bertz CT molecular complexity index is 986. The third kappa shape index (κ3) is 3.97. The number of carboxylic acid groups (broad SMARTS) is 1. The van der Waals surface area contributed by atoms with Crippen LogP contribution < -0.4 is 0 Å². The summed E-state index contributed by atoms with van der Waals surface area (Å²) in [6.45, 7) is 3.90. The Balaban J connectivity index is 2.38. The first-order valence-corrected chi connectivity index (χ1v) is 10.5. The number of aliphatic carboxylic acids is 1. The Kier molecular flexibility index (Phi) is 6.08. The number of rotatable bonds is 6. The van der Waals surface area contributed by atoms with Crippen LogP contribution in [0, 0.1) is 6.92 Å². The van der Waals surface area contributed by atoms with Gasteiger partial charge in [0.1, 0.15) is 0 Å². The largest absolute Gasteiger partial charge is 0.481 e. The van der Waals surface area contributed by atoms with Crippen molar-refractivity contribution in [2.45, 2.75) is 37.5 Å². The zero-order chi connectivity index (χ0) is 19.6. The predicted molar refractivity (Wildman–Crippen MR) is 114 cm³/mol. The van der Waals surface area contributed by atoms with Gasteiger partial charge in [0, 0.05) is 21.0 Å². The number of carbonyl (C=O) groups is 1. The quantitative estimate of drug-likeness (QED) is 0.477. The zero-order valence-electron chi connectivity index (χ0n) is 15.6. The molecule has 0 aliphatic rings. The van der Waals surface area contributed by atoms with Crippen LogP contribution in [0.1, 0.15) is 36.9 Å².